The van der Waals surface area contributed by atoms with Gasteiger partial charge in [-0.2, -0.15) is 0 Å². The van der Waals surface area contributed by atoms with E-state index in [1.807, 2.05) is 13.8 Å². The first-order chi connectivity index (χ1) is 11.9. The van der Waals surface area contributed by atoms with Gasteiger partial charge in [0.05, 0.1) is 18.8 Å². The van der Waals surface area contributed by atoms with E-state index in [9.17, 15) is 9.90 Å². The van der Waals surface area contributed by atoms with Crippen molar-refractivity contribution in [3.63, 3.8) is 0 Å². The molecule has 2 rings (SSSR count). The van der Waals surface area contributed by atoms with Crippen LogP contribution in [0.5, 0.6) is 17.2 Å². The third kappa shape index (κ3) is 5.52. The molecule has 0 heterocycles. The Morgan fingerprint density at radius 1 is 0.880 bits per heavy atom. The van der Waals surface area contributed by atoms with E-state index in [-0.39, 0.29) is 17.1 Å². The van der Waals surface area contributed by atoms with Crippen LogP contribution in [0.25, 0.3) is 0 Å². The molecule has 4 heteroatoms. The van der Waals surface area contributed by atoms with Gasteiger partial charge in [-0.05, 0) is 48.2 Å². The van der Waals surface area contributed by atoms with Crippen LogP contribution in [0, 0.1) is 11.8 Å². The number of ketones is 1. The van der Waals surface area contributed by atoms with Crippen LogP contribution in [-0.2, 0) is 0 Å². The molecular formula is C21H26O4. The minimum Gasteiger partial charge on any atom is -0.507 e. The van der Waals surface area contributed by atoms with E-state index in [1.165, 1.54) is 6.07 Å². The summed E-state index contributed by atoms with van der Waals surface area (Å²) in [5.74, 6) is 1.80. The van der Waals surface area contributed by atoms with Gasteiger partial charge in [0.15, 0.2) is 5.78 Å². The lowest BCUT2D eigenvalue weighted by atomic mass is 10.0. The molecule has 0 atom stereocenters. The Kier molecular flexibility index (Phi) is 6.45. The highest BCUT2D eigenvalue weighted by Gasteiger charge is 2.15. The van der Waals surface area contributed by atoms with Crippen LogP contribution in [-0.4, -0.2) is 24.1 Å². The van der Waals surface area contributed by atoms with Crippen molar-refractivity contribution in [1.82, 2.24) is 0 Å². The second kappa shape index (κ2) is 8.56. The monoisotopic (exact) mass is 342 g/mol. The predicted octanol–water partition coefficient (Wildman–Crippen LogP) is 4.69. The number of rotatable bonds is 8. The number of carbonyl (C=O) groups excluding carboxylic acids is 1. The van der Waals surface area contributed by atoms with E-state index in [4.69, 9.17) is 9.47 Å². The van der Waals surface area contributed by atoms with Gasteiger partial charge >= 0.3 is 0 Å². The first-order valence-corrected chi connectivity index (χ1v) is 8.60. The van der Waals surface area contributed by atoms with Crippen molar-refractivity contribution in [3.8, 4) is 17.2 Å². The molecular weight excluding hydrogens is 316 g/mol. The van der Waals surface area contributed by atoms with Crippen LogP contribution in [0.4, 0.5) is 0 Å². The highest BCUT2D eigenvalue weighted by molar-refractivity contribution is 6.10. The molecule has 2 aromatic rings. The zero-order valence-electron chi connectivity index (χ0n) is 15.3. The minimum atomic E-state index is -0.233. The van der Waals surface area contributed by atoms with Gasteiger partial charge in [0.25, 0.3) is 0 Å². The fourth-order valence-electron chi connectivity index (χ4n) is 2.18. The molecule has 0 unspecified atom stereocenters. The third-order valence-electron chi connectivity index (χ3n) is 3.50. The average molecular weight is 342 g/mol. The SMILES string of the molecule is CC(C)COc1ccc(C(=O)c2ccc(OCC(C)C)cc2O)cc1. The van der Waals surface area contributed by atoms with Crippen LogP contribution < -0.4 is 9.47 Å². The number of hydrogen-bond acceptors (Lipinski definition) is 4. The summed E-state index contributed by atoms with van der Waals surface area (Å²) in [5.41, 5.74) is 0.760. The standard InChI is InChI=1S/C21H26O4/c1-14(2)12-24-17-7-5-16(6-8-17)21(23)19-10-9-18(11-20(19)22)25-13-15(3)4/h5-11,14-15,22H,12-13H2,1-4H3. The molecule has 0 fully saturated rings. The van der Waals surface area contributed by atoms with Gasteiger partial charge < -0.3 is 14.6 Å². The van der Waals surface area contributed by atoms with E-state index in [0.29, 0.717) is 36.4 Å². The summed E-state index contributed by atoms with van der Waals surface area (Å²) in [6, 6.07) is 11.7. The molecule has 134 valence electrons. The molecule has 2 aromatic carbocycles. The predicted molar refractivity (Wildman–Crippen MR) is 98.6 cm³/mol. The van der Waals surface area contributed by atoms with Crippen molar-refractivity contribution in [3.05, 3.63) is 53.6 Å². The third-order valence-corrected chi connectivity index (χ3v) is 3.50. The van der Waals surface area contributed by atoms with Crippen LogP contribution >= 0.6 is 0 Å². The molecule has 0 saturated heterocycles. The number of carbonyl (C=O) groups is 1. The van der Waals surface area contributed by atoms with Gasteiger partial charge in [0.2, 0.25) is 0 Å². The fourth-order valence-corrected chi connectivity index (χ4v) is 2.18. The van der Waals surface area contributed by atoms with E-state index in [2.05, 4.69) is 13.8 Å². The zero-order valence-corrected chi connectivity index (χ0v) is 15.3. The second-order valence-corrected chi connectivity index (χ2v) is 6.94. The molecule has 1 N–H and O–H groups in total. The van der Waals surface area contributed by atoms with E-state index >= 15 is 0 Å². The van der Waals surface area contributed by atoms with E-state index < -0.39 is 0 Å². The lowest BCUT2D eigenvalue weighted by Crippen LogP contribution is -2.06. The Bertz CT molecular complexity index is 702. The van der Waals surface area contributed by atoms with Crippen molar-refractivity contribution < 1.29 is 19.4 Å². The van der Waals surface area contributed by atoms with Gasteiger partial charge in [0, 0.05) is 11.6 Å². The van der Waals surface area contributed by atoms with Crippen LogP contribution in [0.2, 0.25) is 0 Å². The first-order valence-electron chi connectivity index (χ1n) is 8.60. The molecule has 0 radical (unpaired) electrons. The Morgan fingerprint density at radius 2 is 1.40 bits per heavy atom. The van der Waals surface area contributed by atoms with Crippen LogP contribution in [0.15, 0.2) is 42.5 Å². The molecule has 25 heavy (non-hydrogen) atoms. The maximum absolute atomic E-state index is 12.6. The topological polar surface area (TPSA) is 55.8 Å². The minimum absolute atomic E-state index is 0.0774. The van der Waals surface area contributed by atoms with Gasteiger partial charge in [-0.1, -0.05) is 27.7 Å². The van der Waals surface area contributed by atoms with Crippen molar-refractivity contribution in [2.75, 3.05) is 13.2 Å². The summed E-state index contributed by atoms with van der Waals surface area (Å²) < 4.78 is 11.2. The van der Waals surface area contributed by atoms with Gasteiger partial charge in [-0.15, -0.1) is 0 Å². The van der Waals surface area contributed by atoms with Crippen molar-refractivity contribution in [1.29, 1.82) is 0 Å². The van der Waals surface area contributed by atoms with Crippen molar-refractivity contribution >= 4 is 5.78 Å². The Balaban J connectivity index is 2.09. The second-order valence-electron chi connectivity index (χ2n) is 6.94. The van der Waals surface area contributed by atoms with Crippen LogP contribution in [0.1, 0.15) is 43.6 Å². The molecule has 0 aromatic heterocycles. The summed E-state index contributed by atoms with van der Waals surface area (Å²) in [6.45, 7) is 9.44. The molecule has 0 bridgehead atoms. The number of ether oxygens (including phenoxy) is 2. The molecule has 0 spiro atoms. The summed E-state index contributed by atoms with van der Waals surface area (Å²) in [6.07, 6.45) is 0. The van der Waals surface area contributed by atoms with E-state index in [1.54, 1.807) is 36.4 Å². The number of hydrogen-bond donors (Lipinski definition) is 1. The molecule has 0 aliphatic rings. The Morgan fingerprint density at radius 3 is 1.92 bits per heavy atom. The van der Waals surface area contributed by atoms with E-state index in [0.717, 1.165) is 5.75 Å². The smallest absolute Gasteiger partial charge is 0.196 e. The Hall–Kier alpha value is -2.49. The number of phenolic OH excluding ortho intramolecular Hbond substituents is 1. The summed E-state index contributed by atoms with van der Waals surface area (Å²) in [5, 5.41) is 10.2. The quantitative estimate of drug-likeness (QED) is 0.707. The molecule has 4 nitrogen and oxygen atoms in total. The maximum atomic E-state index is 12.6. The molecule has 0 aliphatic heterocycles. The number of aromatic hydroxyl groups is 1. The Labute approximate surface area is 149 Å². The normalized spacial score (nSPS) is 11.0. The van der Waals surface area contributed by atoms with Gasteiger partial charge in [-0.3, -0.25) is 4.79 Å². The molecule has 0 amide bonds. The van der Waals surface area contributed by atoms with Gasteiger partial charge in [0.1, 0.15) is 17.2 Å². The first kappa shape index (κ1) is 18.8. The average Bonchev–Trinajstić information content (AvgIpc) is 2.58. The lowest BCUT2D eigenvalue weighted by molar-refractivity contribution is 0.103. The fraction of sp³-hybridized carbons (Fsp3) is 0.381. The van der Waals surface area contributed by atoms with Crippen LogP contribution in [0.3, 0.4) is 0 Å². The lowest BCUT2D eigenvalue weighted by Gasteiger charge is -2.11. The largest absolute Gasteiger partial charge is 0.507 e. The summed E-state index contributed by atoms with van der Waals surface area (Å²) in [4.78, 5) is 12.6. The van der Waals surface area contributed by atoms with Crippen molar-refractivity contribution in [2.45, 2.75) is 27.7 Å². The summed E-state index contributed by atoms with van der Waals surface area (Å²) >= 11 is 0. The molecule has 0 saturated carbocycles. The maximum Gasteiger partial charge on any atom is 0.196 e. The molecule has 0 aliphatic carbocycles. The zero-order chi connectivity index (χ0) is 18.4. The highest BCUT2D eigenvalue weighted by atomic mass is 16.5. The van der Waals surface area contributed by atoms with Gasteiger partial charge in [-0.25, -0.2) is 0 Å². The number of benzene rings is 2. The summed E-state index contributed by atoms with van der Waals surface area (Å²) in [7, 11) is 0. The number of phenols is 1. The highest BCUT2D eigenvalue weighted by Crippen LogP contribution is 2.27. The van der Waals surface area contributed by atoms with Crippen molar-refractivity contribution in [2.24, 2.45) is 11.8 Å².